The molecule has 0 radical (unpaired) electrons. The SMILES string of the molecule is COCC1CCCN(CCC(C)(C#N)NC(C)C)C1. The summed E-state index contributed by atoms with van der Waals surface area (Å²) in [5.74, 6) is 0.658. The van der Waals surface area contributed by atoms with Crippen LogP contribution in [0.4, 0.5) is 0 Å². The Morgan fingerprint density at radius 3 is 2.84 bits per heavy atom. The van der Waals surface area contributed by atoms with Crippen LogP contribution in [-0.4, -0.2) is 49.8 Å². The number of nitriles is 1. The first-order valence-corrected chi connectivity index (χ1v) is 7.39. The predicted molar refractivity (Wildman–Crippen MR) is 77.9 cm³/mol. The lowest BCUT2D eigenvalue weighted by Gasteiger charge is -2.35. The zero-order chi connectivity index (χ0) is 14.3. The van der Waals surface area contributed by atoms with Crippen LogP contribution in [0, 0.1) is 17.2 Å². The second kappa shape index (κ2) is 7.84. The molecule has 2 unspecified atom stereocenters. The Hall–Kier alpha value is -0.630. The Morgan fingerprint density at radius 1 is 1.53 bits per heavy atom. The highest BCUT2D eigenvalue weighted by molar-refractivity contribution is 5.04. The van der Waals surface area contributed by atoms with Crippen LogP contribution in [-0.2, 0) is 4.74 Å². The standard InChI is InChI=1S/C15H29N3O/c1-13(2)17-15(3,12-16)7-9-18-8-5-6-14(10-18)11-19-4/h13-14,17H,5-11H2,1-4H3. The van der Waals surface area contributed by atoms with Crippen LogP contribution < -0.4 is 5.32 Å². The molecule has 1 heterocycles. The molecule has 0 aromatic carbocycles. The summed E-state index contributed by atoms with van der Waals surface area (Å²) < 4.78 is 5.26. The van der Waals surface area contributed by atoms with Gasteiger partial charge in [0, 0.05) is 26.2 Å². The van der Waals surface area contributed by atoms with E-state index in [0.717, 1.165) is 32.7 Å². The Balaban J connectivity index is 2.40. The van der Waals surface area contributed by atoms with E-state index in [9.17, 15) is 5.26 Å². The first kappa shape index (κ1) is 16.4. The quantitative estimate of drug-likeness (QED) is 0.766. The molecule has 0 aromatic heterocycles. The zero-order valence-electron chi connectivity index (χ0n) is 12.9. The third kappa shape index (κ3) is 5.90. The van der Waals surface area contributed by atoms with Gasteiger partial charge in [-0.25, -0.2) is 0 Å². The lowest BCUT2D eigenvalue weighted by molar-refractivity contribution is 0.0872. The van der Waals surface area contributed by atoms with Gasteiger partial charge in [0.15, 0.2) is 0 Å². The third-order valence-electron chi connectivity index (χ3n) is 3.79. The molecule has 1 aliphatic rings. The van der Waals surface area contributed by atoms with E-state index in [1.54, 1.807) is 7.11 Å². The van der Waals surface area contributed by atoms with E-state index in [-0.39, 0.29) is 0 Å². The lowest BCUT2D eigenvalue weighted by Crippen LogP contribution is -2.48. The van der Waals surface area contributed by atoms with Crippen molar-refractivity contribution in [2.24, 2.45) is 5.92 Å². The van der Waals surface area contributed by atoms with Crippen molar-refractivity contribution in [3.8, 4) is 6.07 Å². The number of piperidine rings is 1. The van der Waals surface area contributed by atoms with Gasteiger partial charge < -0.3 is 9.64 Å². The number of likely N-dealkylation sites (tertiary alicyclic amines) is 1. The minimum atomic E-state index is -0.414. The topological polar surface area (TPSA) is 48.3 Å². The van der Waals surface area contributed by atoms with Gasteiger partial charge in [-0.3, -0.25) is 5.32 Å². The molecule has 110 valence electrons. The molecule has 4 heteroatoms. The highest BCUT2D eigenvalue weighted by Gasteiger charge is 2.27. The maximum Gasteiger partial charge on any atom is 0.105 e. The van der Waals surface area contributed by atoms with Gasteiger partial charge in [0.05, 0.1) is 12.7 Å². The van der Waals surface area contributed by atoms with Crippen molar-refractivity contribution < 1.29 is 4.74 Å². The summed E-state index contributed by atoms with van der Waals surface area (Å²) in [5, 5.41) is 12.7. The summed E-state index contributed by atoms with van der Waals surface area (Å²) in [7, 11) is 1.78. The van der Waals surface area contributed by atoms with Crippen LogP contribution in [0.5, 0.6) is 0 Å². The van der Waals surface area contributed by atoms with Gasteiger partial charge in [0.2, 0.25) is 0 Å². The summed E-state index contributed by atoms with van der Waals surface area (Å²) in [5.41, 5.74) is -0.414. The number of methoxy groups -OCH3 is 1. The third-order valence-corrected chi connectivity index (χ3v) is 3.79. The van der Waals surface area contributed by atoms with Crippen LogP contribution in [0.2, 0.25) is 0 Å². The van der Waals surface area contributed by atoms with E-state index >= 15 is 0 Å². The van der Waals surface area contributed by atoms with Crippen LogP contribution in [0.25, 0.3) is 0 Å². The molecule has 0 amide bonds. The van der Waals surface area contributed by atoms with E-state index in [1.165, 1.54) is 12.8 Å². The highest BCUT2D eigenvalue weighted by atomic mass is 16.5. The molecule has 1 saturated heterocycles. The minimum absolute atomic E-state index is 0.340. The zero-order valence-corrected chi connectivity index (χ0v) is 12.9. The van der Waals surface area contributed by atoms with Crippen molar-refractivity contribution in [3.05, 3.63) is 0 Å². The van der Waals surface area contributed by atoms with Crippen LogP contribution in [0.15, 0.2) is 0 Å². The van der Waals surface area contributed by atoms with Gasteiger partial charge in [-0.2, -0.15) is 5.26 Å². The van der Waals surface area contributed by atoms with E-state index in [0.29, 0.717) is 12.0 Å². The Morgan fingerprint density at radius 2 is 2.26 bits per heavy atom. The molecule has 2 atom stereocenters. The van der Waals surface area contributed by atoms with Crippen molar-refractivity contribution in [1.82, 2.24) is 10.2 Å². The van der Waals surface area contributed by atoms with Crippen molar-refractivity contribution in [2.75, 3.05) is 33.4 Å². The molecule has 0 aliphatic carbocycles. The number of nitrogens with zero attached hydrogens (tertiary/aromatic N) is 2. The van der Waals surface area contributed by atoms with Crippen molar-refractivity contribution in [1.29, 1.82) is 5.26 Å². The fourth-order valence-corrected chi connectivity index (χ4v) is 2.91. The number of ether oxygens (including phenoxy) is 1. The number of hydrogen-bond acceptors (Lipinski definition) is 4. The van der Waals surface area contributed by atoms with Gasteiger partial charge in [0.1, 0.15) is 5.54 Å². The summed E-state index contributed by atoms with van der Waals surface area (Å²) in [4.78, 5) is 2.48. The van der Waals surface area contributed by atoms with Gasteiger partial charge in [-0.05, 0) is 52.5 Å². The van der Waals surface area contributed by atoms with Gasteiger partial charge >= 0.3 is 0 Å². The van der Waals surface area contributed by atoms with Gasteiger partial charge in [0.25, 0.3) is 0 Å². The summed E-state index contributed by atoms with van der Waals surface area (Å²) in [6.07, 6.45) is 3.39. The normalized spacial score (nSPS) is 24.1. The molecule has 4 nitrogen and oxygen atoms in total. The molecule has 1 N–H and O–H groups in total. The number of hydrogen-bond donors (Lipinski definition) is 1. The smallest absolute Gasteiger partial charge is 0.105 e. The summed E-state index contributed by atoms with van der Waals surface area (Å²) in [6, 6.07) is 2.76. The Bertz CT molecular complexity index is 298. The molecule has 0 bridgehead atoms. The molecular weight excluding hydrogens is 238 g/mol. The maximum atomic E-state index is 9.35. The molecular formula is C15H29N3O. The largest absolute Gasteiger partial charge is 0.384 e. The predicted octanol–water partition coefficient (Wildman–Crippen LogP) is 2.02. The molecule has 0 spiro atoms. The van der Waals surface area contributed by atoms with Gasteiger partial charge in [-0.1, -0.05) is 0 Å². The van der Waals surface area contributed by atoms with Crippen molar-refractivity contribution in [3.63, 3.8) is 0 Å². The second-order valence-electron chi connectivity index (χ2n) is 6.26. The first-order chi connectivity index (χ1) is 8.99. The molecule has 1 aliphatic heterocycles. The average molecular weight is 267 g/mol. The van der Waals surface area contributed by atoms with Crippen molar-refractivity contribution in [2.45, 2.75) is 51.6 Å². The summed E-state index contributed by atoms with van der Waals surface area (Å²) >= 11 is 0. The first-order valence-electron chi connectivity index (χ1n) is 7.39. The highest BCUT2D eigenvalue weighted by Crippen LogP contribution is 2.19. The molecule has 19 heavy (non-hydrogen) atoms. The fraction of sp³-hybridized carbons (Fsp3) is 0.933. The van der Waals surface area contributed by atoms with Crippen LogP contribution in [0.1, 0.15) is 40.0 Å². The Kier molecular flexibility index (Phi) is 6.78. The van der Waals surface area contributed by atoms with E-state index in [4.69, 9.17) is 4.74 Å². The van der Waals surface area contributed by atoms with E-state index in [1.807, 2.05) is 6.92 Å². The molecule has 1 rings (SSSR count). The summed E-state index contributed by atoms with van der Waals surface area (Å²) in [6.45, 7) is 10.3. The molecule has 1 fully saturated rings. The average Bonchev–Trinajstić information content (AvgIpc) is 2.37. The number of nitrogens with one attached hydrogen (secondary N) is 1. The van der Waals surface area contributed by atoms with Crippen LogP contribution in [0.3, 0.4) is 0 Å². The van der Waals surface area contributed by atoms with Crippen LogP contribution >= 0.6 is 0 Å². The monoisotopic (exact) mass is 267 g/mol. The maximum absolute atomic E-state index is 9.35. The van der Waals surface area contributed by atoms with E-state index in [2.05, 4.69) is 30.1 Å². The number of rotatable bonds is 7. The fourth-order valence-electron chi connectivity index (χ4n) is 2.91. The Labute approximate surface area is 118 Å². The van der Waals surface area contributed by atoms with Crippen molar-refractivity contribution >= 4 is 0 Å². The molecule has 0 saturated carbocycles. The van der Waals surface area contributed by atoms with E-state index < -0.39 is 5.54 Å². The molecule has 0 aromatic rings. The minimum Gasteiger partial charge on any atom is -0.384 e. The second-order valence-corrected chi connectivity index (χ2v) is 6.26. The lowest BCUT2D eigenvalue weighted by atomic mass is 9.95. The van der Waals surface area contributed by atoms with Gasteiger partial charge in [-0.15, -0.1) is 0 Å².